The van der Waals surface area contributed by atoms with Crippen LogP contribution in [0.15, 0.2) is 40.8 Å². The van der Waals surface area contributed by atoms with Crippen LogP contribution in [0.1, 0.15) is 55.5 Å². The lowest BCUT2D eigenvalue weighted by molar-refractivity contribution is -0.146. The van der Waals surface area contributed by atoms with Crippen molar-refractivity contribution < 1.29 is 9.47 Å². The fraction of sp³-hybridized carbons (Fsp3) is 0.476. The minimum atomic E-state index is -0.335. The van der Waals surface area contributed by atoms with E-state index in [4.69, 9.17) is 14.6 Å². The van der Waals surface area contributed by atoms with Crippen molar-refractivity contribution in [1.29, 1.82) is 0 Å². The first-order chi connectivity index (χ1) is 12.7. The molecule has 5 heteroatoms. The molecule has 1 atom stereocenters. The van der Waals surface area contributed by atoms with Crippen LogP contribution in [0.2, 0.25) is 0 Å². The van der Waals surface area contributed by atoms with Crippen LogP contribution >= 0.6 is 11.3 Å². The van der Waals surface area contributed by atoms with Gasteiger partial charge >= 0.3 is 0 Å². The van der Waals surface area contributed by atoms with Gasteiger partial charge in [0.15, 0.2) is 17.2 Å². The molecule has 0 radical (unpaired) electrons. The molecule has 1 saturated carbocycles. The molecule has 0 unspecified atom stereocenters. The number of methoxy groups -OCH3 is 1. The van der Waals surface area contributed by atoms with E-state index in [1.807, 2.05) is 6.07 Å². The molecular weight excluding hydrogens is 344 g/mol. The van der Waals surface area contributed by atoms with Crippen LogP contribution in [0.4, 0.5) is 0 Å². The molecule has 2 aliphatic heterocycles. The monoisotopic (exact) mass is 368 g/mol. The van der Waals surface area contributed by atoms with Crippen molar-refractivity contribution in [1.82, 2.24) is 5.01 Å². The Morgan fingerprint density at radius 2 is 2.08 bits per heavy atom. The van der Waals surface area contributed by atoms with Crippen molar-refractivity contribution in [2.24, 2.45) is 11.0 Å². The first-order valence-electron chi connectivity index (χ1n) is 9.47. The van der Waals surface area contributed by atoms with Gasteiger partial charge in [0.1, 0.15) is 0 Å². The molecule has 4 nitrogen and oxygen atoms in total. The van der Waals surface area contributed by atoms with E-state index in [9.17, 15) is 0 Å². The third-order valence-electron chi connectivity index (χ3n) is 6.07. The first kappa shape index (κ1) is 16.2. The van der Waals surface area contributed by atoms with E-state index in [1.165, 1.54) is 29.0 Å². The summed E-state index contributed by atoms with van der Waals surface area (Å²) in [6.45, 7) is 2.34. The molecule has 136 valence electrons. The Kier molecular flexibility index (Phi) is 3.74. The number of hydrogen-bond donors (Lipinski definition) is 0. The molecule has 1 fully saturated rings. The van der Waals surface area contributed by atoms with E-state index >= 15 is 0 Å². The minimum absolute atomic E-state index is 0.236. The number of ether oxygens (including phenoxy) is 2. The Morgan fingerprint density at radius 3 is 2.81 bits per heavy atom. The molecule has 3 aliphatic rings. The van der Waals surface area contributed by atoms with Crippen molar-refractivity contribution in [2.45, 2.75) is 50.8 Å². The number of hydrogen-bond acceptors (Lipinski definition) is 5. The van der Waals surface area contributed by atoms with Crippen LogP contribution in [-0.4, -0.2) is 23.6 Å². The molecule has 0 N–H and O–H groups in total. The molecule has 1 aromatic carbocycles. The van der Waals surface area contributed by atoms with E-state index in [0.717, 1.165) is 36.7 Å². The molecule has 2 aromatic rings. The fourth-order valence-corrected chi connectivity index (χ4v) is 5.29. The zero-order chi connectivity index (χ0) is 17.7. The standard InChI is InChI=1S/C21H24N2O2S/c1-14-8-10-21(11-9-14)23-17(13-16(22-23)19-7-4-12-26-19)15-5-3-6-18(24-2)20(15)25-21/h3-7,12,14,17H,8-11,13H2,1-2H3/t14?,17-,21?/m0/s1. The highest BCUT2D eigenvalue weighted by Gasteiger charge is 2.52. The van der Waals surface area contributed by atoms with Crippen molar-refractivity contribution in [3.63, 3.8) is 0 Å². The number of benzene rings is 1. The predicted octanol–water partition coefficient (Wildman–Crippen LogP) is 5.21. The normalized spacial score (nSPS) is 29.8. The zero-order valence-corrected chi connectivity index (χ0v) is 16.1. The summed E-state index contributed by atoms with van der Waals surface area (Å²) >= 11 is 1.77. The van der Waals surface area contributed by atoms with Crippen LogP contribution in [0.5, 0.6) is 11.5 Å². The van der Waals surface area contributed by atoms with Crippen LogP contribution in [0.25, 0.3) is 0 Å². The van der Waals surface area contributed by atoms with Gasteiger partial charge in [0.05, 0.1) is 23.7 Å². The molecule has 3 heterocycles. The number of fused-ring (bicyclic) bond motifs is 4. The number of rotatable bonds is 2. The molecule has 1 spiro atoms. The summed E-state index contributed by atoms with van der Waals surface area (Å²) in [6, 6.07) is 10.7. The highest BCUT2D eigenvalue weighted by atomic mass is 32.1. The van der Waals surface area contributed by atoms with Crippen LogP contribution in [-0.2, 0) is 0 Å². The molecule has 1 aliphatic carbocycles. The number of thiophene rings is 1. The van der Waals surface area contributed by atoms with Gasteiger partial charge in [-0.1, -0.05) is 25.1 Å². The largest absolute Gasteiger partial charge is 0.493 e. The van der Waals surface area contributed by atoms with Gasteiger partial charge in [-0.25, -0.2) is 5.01 Å². The third kappa shape index (κ3) is 2.37. The van der Waals surface area contributed by atoms with E-state index in [0.29, 0.717) is 0 Å². The molecule has 0 saturated heterocycles. The second-order valence-corrected chi connectivity index (χ2v) is 8.65. The molecule has 1 aromatic heterocycles. The van der Waals surface area contributed by atoms with Gasteiger partial charge in [-0.15, -0.1) is 11.3 Å². The van der Waals surface area contributed by atoms with E-state index in [2.05, 4.69) is 41.6 Å². The van der Waals surface area contributed by atoms with Crippen LogP contribution in [0, 0.1) is 5.92 Å². The van der Waals surface area contributed by atoms with Crippen molar-refractivity contribution >= 4 is 17.0 Å². The smallest absolute Gasteiger partial charge is 0.198 e. The minimum Gasteiger partial charge on any atom is -0.493 e. The lowest BCUT2D eigenvalue weighted by atomic mass is 9.82. The maximum absolute atomic E-state index is 6.71. The van der Waals surface area contributed by atoms with Crippen molar-refractivity contribution in [2.75, 3.05) is 7.11 Å². The molecule has 0 bridgehead atoms. The second-order valence-electron chi connectivity index (χ2n) is 7.70. The lowest BCUT2D eigenvalue weighted by Gasteiger charge is -2.50. The van der Waals surface area contributed by atoms with Crippen LogP contribution in [0.3, 0.4) is 0 Å². The van der Waals surface area contributed by atoms with Gasteiger partial charge in [0.2, 0.25) is 0 Å². The highest BCUT2D eigenvalue weighted by molar-refractivity contribution is 7.12. The van der Waals surface area contributed by atoms with Crippen LogP contribution < -0.4 is 9.47 Å². The second kappa shape index (κ2) is 6.02. The Hall–Kier alpha value is -2.01. The lowest BCUT2D eigenvalue weighted by Crippen LogP contribution is -2.55. The van der Waals surface area contributed by atoms with Gasteiger partial charge in [0, 0.05) is 24.8 Å². The van der Waals surface area contributed by atoms with E-state index in [-0.39, 0.29) is 11.8 Å². The summed E-state index contributed by atoms with van der Waals surface area (Å²) in [6.07, 6.45) is 5.32. The third-order valence-corrected chi connectivity index (χ3v) is 6.99. The number of para-hydroxylation sites is 1. The number of hydrazone groups is 1. The zero-order valence-electron chi connectivity index (χ0n) is 15.3. The quantitative estimate of drug-likeness (QED) is 0.730. The maximum Gasteiger partial charge on any atom is 0.198 e. The molecular formula is C21H24N2O2S. The van der Waals surface area contributed by atoms with Gasteiger partial charge in [-0.05, 0) is 36.3 Å². The summed E-state index contributed by atoms with van der Waals surface area (Å²) in [5, 5.41) is 9.52. The van der Waals surface area contributed by atoms with Gasteiger partial charge in [-0.2, -0.15) is 5.10 Å². The molecule has 5 rings (SSSR count). The van der Waals surface area contributed by atoms with Crippen molar-refractivity contribution in [3.8, 4) is 11.5 Å². The number of nitrogens with zero attached hydrogens (tertiary/aromatic N) is 2. The van der Waals surface area contributed by atoms with E-state index in [1.54, 1.807) is 18.4 Å². The summed E-state index contributed by atoms with van der Waals surface area (Å²) in [5.41, 5.74) is 2.05. The topological polar surface area (TPSA) is 34.1 Å². The SMILES string of the molecule is COc1cccc2c1OC1(CCC(C)CC1)N1N=C(c3cccs3)C[C@@H]21. The Balaban J connectivity index is 1.62. The maximum atomic E-state index is 6.71. The average Bonchev–Trinajstić information content (AvgIpc) is 3.34. The van der Waals surface area contributed by atoms with Gasteiger partial charge in [0.25, 0.3) is 0 Å². The first-order valence-corrected chi connectivity index (χ1v) is 10.3. The average molecular weight is 369 g/mol. The summed E-state index contributed by atoms with van der Waals surface area (Å²) in [4.78, 5) is 1.27. The Labute approximate surface area is 158 Å². The summed E-state index contributed by atoms with van der Waals surface area (Å²) in [5.74, 6) is 2.52. The summed E-state index contributed by atoms with van der Waals surface area (Å²) in [7, 11) is 1.73. The van der Waals surface area contributed by atoms with Gasteiger partial charge in [-0.3, -0.25) is 0 Å². The highest BCUT2D eigenvalue weighted by Crippen LogP contribution is 2.54. The summed E-state index contributed by atoms with van der Waals surface area (Å²) < 4.78 is 12.3. The Bertz CT molecular complexity index is 838. The predicted molar refractivity (Wildman–Crippen MR) is 104 cm³/mol. The van der Waals surface area contributed by atoms with Crippen molar-refractivity contribution in [3.05, 3.63) is 46.2 Å². The fourth-order valence-electron chi connectivity index (χ4n) is 4.57. The molecule has 0 amide bonds. The Morgan fingerprint density at radius 1 is 1.23 bits per heavy atom. The van der Waals surface area contributed by atoms with E-state index < -0.39 is 0 Å². The van der Waals surface area contributed by atoms with Gasteiger partial charge < -0.3 is 9.47 Å². The molecule has 26 heavy (non-hydrogen) atoms.